The molecule has 1 heterocycles. The second-order valence-corrected chi connectivity index (χ2v) is 14.9. The summed E-state index contributed by atoms with van der Waals surface area (Å²) in [7, 11) is 0. The monoisotopic (exact) mass is 565 g/mol. The van der Waals surface area contributed by atoms with E-state index >= 15 is 0 Å². The Bertz CT molecular complexity index is 763. The first-order chi connectivity index (χ1) is 20.3. The fourth-order valence-corrected chi connectivity index (χ4v) is 9.09. The zero-order valence-electron chi connectivity index (χ0n) is 27.6. The standard InChI is InChI=1S/C39H68N2/c1-3-5-7-8-9-10-11-12-13-15-17-33-30-40-39(41-31-33)38-28-26-37(27-29-38)36-24-22-35(23-25-36)34-20-18-32(19-21-34)16-14-6-4-2/h30-32,34-38H,3-29H2,1-2H3/t32-,34-,35-,36-,37-,38-. The van der Waals surface area contributed by atoms with Gasteiger partial charge in [0.15, 0.2) is 0 Å². The van der Waals surface area contributed by atoms with Gasteiger partial charge in [0.1, 0.15) is 5.82 Å². The summed E-state index contributed by atoms with van der Waals surface area (Å²) in [5.41, 5.74) is 1.35. The predicted octanol–water partition coefficient (Wildman–Crippen LogP) is 12.4. The minimum Gasteiger partial charge on any atom is -0.241 e. The highest BCUT2D eigenvalue weighted by atomic mass is 14.9. The van der Waals surface area contributed by atoms with Crippen LogP contribution in [0.2, 0.25) is 0 Å². The molecular weight excluding hydrogens is 496 g/mol. The summed E-state index contributed by atoms with van der Waals surface area (Å²) in [4.78, 5) is 9.76. The van der Waals surface area contributed by atoms with Crippen LogP contribution in [0.3, 0.4) is 0 Å². The summed E-state index contributed by atoms with van der Waals surface area (Å²) in [6.45, 7) is 4.64. The van der Waals surface area contributed by atoms with E-state index < -0.39 is 0 Å². The van der Waals surface area contributed by atoms with E-state index in [9.17, 15) is 0 Å². The molecule has 0 N–H and O–H groups in total. The Hall–Kier alpha value is -0.920. The van der Waals surface area contributed by atoms with E-state index in [2.05, 4.69) is 26.2 Å². The predicted molar refractivity (Wildman–Crippen MR) is 177 cm³/mol. The van der Waals surface area contributed by atoms with E-state index in [1.165, 1.54) is 134 Å². The van der Waals surface area contributed by atoms with Crippen molar-refractivity contribution in [2.45, 2.75) is 193 Å². The van der Waals surface area contributed by atoms with Crippen LogP contribution < -0.4 is 0 Å². The molecule has 0 saturated heterocycles. The van der Waals surface area contributed by atoms with Crippen molar-refractivity contribution in [3.05, 3.63) is 23.8 Å². The summed E-state index contributed by atoms with van der Waals surface area (Å²) in [6, 6.07) is 0. The Balaban J connectivity index is 1.05. The molecule has 3 aliphatic carbocycles. The van der Waals surface area contributed by atoms with Gasteiger partial charge in [0.2, 0.25) is 0 Å². The lowest BCUT2D eigenvalue weighted by molar-refractivity contribution is 0.108. The molecule has 2 heteroatoms. The van der Waals surface area contributed by atoms with Crippen LogP contribution in [0.25, 0.3) is 0 Å². The third-order valence-corrected chi connectivity index (χ3v) is 11.9. The van der Waals surface area contributed by atoms with Gasteiger partial charge in [0.25, 0.3) is 0 Å². The van der Waals surface area contributed by atoms with Crippen molar-refractivity contribution in [2.24, 2.45) is 29.6 Å². The summed E-state index contributed by atoms with van der Waals surface area (Å²) >= 11 is 0. The van der Waals surface area contributed by atoms with Crippen molar-refractivity contribution in [3.8, 4) is 0 Å². The number of aryl methyl sites for hydroxylation is 1. The van der Waals surface area contributed by atoms with Crippen molar-refractivity contribution in [3.63, 3.8) is 0 Å². The zero-order chi connectivity index (χ0) is 28.5. The fourth-order valence-electron chi connectivity index (χ4n) is 9.09. The van der Waals surface area contributed by atoms with Crippen LogP contribution in [-0.4, -0.2) is 9.97 Å². The smallest absolute Gasteiger partial charge is 0.131 e. The highest BCUT2D eigenvalue weighted by Gasteiger charge is 2.35. The molecule has 0 amide bonds. The van der Waals surface area contributed by atoms with E-state index in [1.807, 2.05) is 0 Å². The van der Waals surface area contributed by atoms with Crippen molar-refractivity contribution in [2.75, 3.05) is 0 Å². The average molecular weight is 565 g/mol. The van der Waals surface area contributed by atoms with Gasteiger partial charge in [-0.15, -0.1) is 0 Å². The van der Waals surface area contributed by atoms with Gasteiger partial charge in [-0.1, -0.05) is 110 Å². The van der Waals surface area contributed by atoms with Crippen LogP contribution >= 0.6 is 0 Å². The quantitative estimate of drug-likeness (QED) is 0.166. The molecule has 3 aliphatic rings. The SMILES string of the molecule is CCCCCCCCCCCCc1cnc([C@H]2CC[C@H]([C@H]3CC[C@H]([C@H]4CC[C@H](CCCCC)CC4)CC3)CC2)nc1. The topological polar surface area (TPSA) is 25.8 Å². The normalized spacial score (nSPS) is 29.0. The largest absolute Gasteiger partial charge is 0.241 e. The molecule has 234 valence electrons. The highest BCUT2D eigenvalue weighted by Crippen LogP contribution is 2.47. The minimum absolute atomic E-state index is 0.612. The molecule has 1 aromatic rings. The zero-order valence-corrected chi connectivity index (χ0v) is 27.6. The summed E-state index contributed by atoms with van der Waals surface area (Å²) in [6.07, 6.45) is 43.1. The molecule has 0 bridgehead atoms. The Morgan fingerprint density at radius 3 is 1.41 bits per heavy atom. The molecular formula is C39H68N2. The van der Waals surface area contributed by atoms with Crippen LogP contribution in [0.5, 0.6) is 0 Å². The van der Waals surface area contributed by atoms with Crippen molar-refractivity contribution in [1.29, 1.82) is 0 Å². The maximum Gasteiger partial charge on any atom is 0.131 e. The van der Waals surface area contributed by atoms with Gasteiger partial charge in [-0.05, 0) is 112 Å². The van der Waals surface area contributed by atoms with Gasteiger partial charge < -0.3 is 0 Å². The minimum atomic E-state index is 0.612. The number of unbranched alkanes of at least 4 members (excludes halogenated alkanes) is 11. The molecule has 0 spiro atoms. The van der Waals surface area contributed by atoms with Crippen LogP contribution in [0.15, 0.2) is 12.4 Å². The lowest BCUT2D eigenvalue weighted by atomic mass is 9.65. The Kier molecular flexibility index (Phi) is 15.6. The molecule has 0 aliphatic heterocycles. The van der Waals surface area contributed by atoms with Gasteiger partial charge in [-0.3, -0.25) is 0 Å². The van der Waals surface area contributed by atoms with Crippen LogP contribution in [-0.2, 0) is 6.42 Å². The first-order valence-electron chi connectivity index (χ1n) is 19.1. The number of rotatable bonds is 18. The van der Waals surface area contributed by atoms with E-state index in [-0.39, 0.29) is 0 Å². The second kappa shape index (κ2) is 19.4. The number of hydrogen-bond acceptors (Lipinski definition) is 2. The van der Waals surface area contributed by atoms with Crippen molar-refractivity contribution in [1.82, 2.24) is 9.97 Å². The maximum atomic E-state index is 4.88. The van der Waals surface area contributed by atoms with E-state index in [0.717, 1.165) is 41.8 Å². The molecule has 0 atom stereocenters. The molecule has 2 nitrogen and oxygen atoms in total. The molecule has 41 heavy (non-hydrogen) atoms. The van der Waals surface area contributed by atoms with Gasteiger partial charge in [-0.25, -0.2) is 9.97 Å². The van der Waals surface area contributed by atoms with Crippen LogP contribution in [0.4, 0.5) is 0 Å². The second-order valence-electron chi connectivity index (χ2n) is 14.9. The van der Waals surface area contributed by atoms with Gasteiger partial charge in [0, 0.05) is 18.3 Å². The first-order valence-corrected chi connectivity index (χ1v) is 19.1. The van der Waals surface area contributed by atoms with E-state index in [4.69, 9.17) is 9.97 Å². The van der Waals surface area contributed by atoms with E-state index in [1.54, 1.807) is 38.5 Å². The Morgan fingerprint density at radius 2 is 0.902 bits per heavy atom. The fraction of sp³-hybridized carbons (Fsp3) is 0.897. The number of nitrogens with zero attached hydrogens (tertiary/aromatic N) is 2. The maximum absolute atomic E-state index is 4.88. The number of aromatic nitrogens is 2. The van der Waals surface area contributed by atoms with Crippen molar-refractivity contribution >= 4 is 0 Å². The number of hydrogen-bond donors (Lipinski definition) is 0. The Morgan fingerprint density at radius 1 is 0.488 bits per heavy atom. The molecule has 3 saturated carbocycles. The summed E-state index contributed by atoms with van der Waals surface area (Å²) in [5.74, 6) is 6.95. The first kappa shape index (κ1) is 33.0. The summed E-state index contributed by atoms with van der Waals surface area (Å²) in [5, 5.41) is 0. The molecule has 0 radical (unpaired) electrons. The summed E-state index contributed by atoms with van der Waals surface area (Å²) < 4.78 is 0. The van der Waals surface area contributed by atoms with Crippen LogP contribution in [0, 0.1) is 29.6 Å². The third kappa shape index (κ3) is 11.6. The molecule has 3 fully saturated rings. The lowest BCUT2D eigenvalue weighted by Gasteiger charge is -2.41. The molecule has 0 aromatic carbocycles. The Labute approximate surface area is 256 Å². The van der Waals surface area contributed by atoms with Gasteiger partial charge in [0.05, 0.1) is 0 Å². The van der Waals surface area contributed by atoms with Gasteiger partial charge in [-0.2, -0.15) is 0 Å². The van der Waals surface area contributed by atoms with Crippen LogP contribution in [0.1, 0.15) is 198 Å². The molecule has 1 aromatic heterocycles. The van der Waals surface area contributed by atoms with Gasteiger partial charge >= 0.3 is 0 Å². The highest BCUT2D eigenvalue weighted by molar-refractivity contribution is 5.08. The molecule has 0 unspecified atom stereocenters. The lowest BCUT2D eigenvalue weighted by Crippen LogP contribution is -2.29. The third-order valence-electron chi connectivity index (χ3n) is 11.9. The molecule has 4 rings (SSSR count). The average Bonchev–Trinajstić information content (AvgIpc) is 3.03. The van der Waals surface area contributed by atoms with E-state index in [0.29, 0.717) is 5.92 Å². The van der Waals surface area contributed by atoms with Crippen molar-refractivity contribution < 1.29 is 0 Å².